The number of amides is 1. The Hall–Kier alpha value is -3.80. The zero-order chi connectivity index (χ0) is 21.9. The molecule has 0 aromatic heterocycles. The van der Waals surface area contributed by atoms with Gasteiger partial charge in [-0.2, -0.15) is 0 Å². The fourth-order valence-corrected chi connectivity index (χ4v) is 2.85. The van der Waals surface area contributed by atoms with Crippen molar-refractivity contribution >= 4 is 11.9 Å². The molecule has 6 nitrogen and oxygen atoms in total. The highest BCUT2D eigenvalue weighted by Crippen LogP contribution is 2.19. The fourth-order valence-electron chi connectivity index (χ4n) is 2.85. The third kappa shape index (κ3) is 6.89. The van der Waals surface area contributed by atoms with Gasteiger partial charge in [0, 0.05) is 13.6 Å². The van der Waals surface area contributed by atoms with Crippen LogP contribution in [0, 0.1) is 0 Å². The number of para-hydroxylation sites is 2. The lowest BCUT2D eigenvalue weighted by molar-refractivity contribution is -0.133. The van der Waals surface area contributed by atoms with Crippen LogP contribution in [0.2, 0.25) is 0 Å². The van der Waals surface area contributed by atoms with Gasteiger partial charge in [0.1, 0.15) is 30.3 Å². The first-order chi connectivity index (χ1) is 15.1. The number of carbonyl (C=O) groups is 2. The highest BCUT2D eigenvalue weighted by atomic mass is 16.5. The van der Waals surface area contributed by atoms with Crippen LogP contribution in [0.15, 0.2) is 84.9 Å². The van der Waals surface area contributed by atoms with Crippen LogP contribution in [-0.4, -0.2) is 43.6 Å². The second kappa shape index (κ2) is 11.4. The average molecular weight is 419 g/mol. The lowest BCUT2D eigenvalue weighted by Gasteiger charge is -2.17. The highest BCUT2D eigenvalue weighted by molar-refractivity contribution is 5.93. The largest absolute Gasteiger partial charge is 0.490 e. The van der Waals surface area contributed by atoms with E-state index < -0.39 is 5.97 Å². The van der Waals surface area contributed by atoms with E-state index >= 15 is 0 Å². The molecule has 0 atom stereocenters. The Bertz CT molecular complexity index is 975. The molecule has 0 heterocycles. The maximum Gasteiger partial charge on any atom is 0.342 e. The third-order valence-electron chi connectivity index (χ3n) is 4.47. The van der Waals surface area contributed by atoms with Crippen LogP contribution in [0.25, 0.3) is 0 Å². The number of nitrogens with zero attached hydrogens (tertiary/aromatic N) is 1. The first-order valence-electron chi connectivity index (χ1n) is 9.98. The number of hydrogen-bond acceptors (Lipinski definition) is 5. The van der Waals surface area contributed by atoms with E-state index in [1.54, 1.807) is 31.3 Å². The Morgan fingerprint density at radius 1 is 0.774 bits per heavy atom. The van der Waals surface area contributed by atoms with E-state index in [4.69, 9.17) is 14.2 Å². The molecule has 3 aromatic rings. The molecule has 0 saturated heterocycles. The summed E-state index contributed by atoms with van der Waals surface area (Å²) < 4.78 is 16.5. The smallest absolute Gasteiger partial charge is 0.342 e. The molecular weight excluding hydrogens is 394 g/mol. The summed E-state index contributed by atoms with van der Waals surface area (Å²) in [5.41, 5.74) is 1.27. The molecule has 3 rings (SSSR count). The SMILES string of the molecule is CN(Cc1ccccc1)C(=O)COC(=O)c1ccccc1OCCOc1ccccc1. The summed E-state index contributed by atoms with van der Waals surface area (Å²) in [6.07, 6.45) is 0. The second-order valence-corrected chi connectivity index (χ2v) is 6.82. The number of rotatable bonds is 10. The number of ether oxygens (including phenoxy) is 3. The van der Waals surface area contributed by atoms with Gasteiger partial charge in [-0.3, -0.25) is 4.79 Å². The van der Waals surface area contributed by atoms with Gasteiger partial charge in [-0.05, 0) is 29.8 Å². The summed E-state index contributed by atoms with van der Waals surface area (Å²) in [4.78, 5) is 26.3. The molecule has 0 spiro atoms. The standard InChI is InChI=1S/C25H25NO5/c1-26(18-20-10-4-2-5-11-20)24(27)19-31-25(28)22-14-8-9-15-23(22)30-17-16-29-21-12-6-3-7-13-21/h2-15H,16-19H2,1H3. The topological polar surface area (TPSA) is 65.1 Å². The van der Waals surface area contributed by atoms with Gasteiger partial charge in [0.2, 0.25) is 0 Å². The predicted octanol–water partition coefficient (Wildman–Crippen LogP) is 3.96. The van der Waals surface area contributed by atoms with Gasteiger partial charge in [-0.15, -0.1) is 0 Å². The molecule has 160 valence electrons. The van der Waals surface area contributed by atoms with E-state index in [0.717, 1.165) is 11.3 Å². The summed E-state index contributed by atoms with van der Waals surface area (Å²) in [5, 5.41) is 0. The zero-order valence-corrected chi connectivity index (χ0v) is 17.4. The van der Waals surface area contributed by atoms with Crippen LogP contribution in [0.5, 0.6) is 11.5 Å². The zero-order valence-electron chi connectivity index (χ0n) is 17.4. The van der Waals surface area contributed by atoms with Gasteiger partial charge in [-0.1, -0.05) is 60.7 Å². The number of hydrogen-bond donors (Lipinski definition) is 0. The van der Waals surface area contributed by atoms with Crippen molar-refractivity contribution in [1.29, 1.82) is 0 Å². The minimum absolute atomic E-state index is 0.262. The van der Waals surface area contributed by atoms with Crippen LogP contribution in [-0.2, 0) is 16.1 Å². The molecule has 0 aliphatic heterocycles. The Balaban J connectivity index is 1.48. The molecule has 0 bridgehead atoms. The minimum atomic E-state index is -0.610. The molecule has 0 fully saturated rings. The number of likely N-dealkylation sites (N-methyl/N-ethyl adjacent to an activating group) is 1. The van der Waals surface area contributed by atoms with Crippen molar-refractivity contribution in [3.63, 3.8) is 0 Å². The van der Waals surface area contributed by atoms with Crippen molar-refractivity contribution in [3.8, 4) is 11.5 Å². The van der Waals surface area contributed by atoms with Gasteiger partial charge in [0.05, 0.1) is 0 Å². The molecule has 31 heavy (non-hydrogen) atoms. The first kappa shape index (κ1) is 21.9. The molecule has 3 aromatic carbocycles. The van der Waals surface area contributed by atoms with Crippen molar-refractivity contribution in [1.82, 2.24) is 4.90 Å². The Labute approximate surface area is 182 Å². The van der Waals surface area contributed by atoms with Crippen LogP contribution in [0.1, 0.15) is 15.9 Å². The highest BCUT2D eigenvalue weighted by Gasteiger charge is 2.17. The molecule has 0 aliphatic carbocycles. The molecular formula is C25H25NO5. The Kier molecular flexibility index (Phi) is 8.05. The van der Waals surface area contributed by atoms with E-state index in [1.165, 1.54) is 4.90 Å². The van der Waals surface area contributed by atoms with Gasteiger partial charge in [0.15, 0.2) is 6.61 Å². The van der Waals surface area contributed by atoms with E-state index in [-0.39, 0.29) is 24.7 Å². The maximum atomic E-state index is 12.5. The van der Waals surface area contributed by atoms with Crippen molar-refractivity contribution in [2.45, 2.75) is 6.54 Å². The van der Waals surface area contributed by atoms with Crippen LogP contribution >= 0.6 is 0 Å². The lowest BCUT2D eigenvalue weighted by atomic mass is 10.2. The normalized spacial score (nSPS) is 10.2. The first-order valence-corrected chi connectivity index (χ1v) is 9.98. The molecule has 0 unspecified atom stereocenters. The minimum Gasteiger partial charge on any atom is -0.490 e. The summed E-state index contributed by atoms with van der Waals surface area (Å²) in [6.45, 7) is 0.694. The molecule has 6 heteroatoms. The molecule has 0 radical (unpaired) electrons. The fraction of sp³-hybridized carbons (Fsp3) is 0.200. The second-order valence-electron chi connectivity index (χ2n) is 6.82. The number of benzene rings is 3. The number of esters is 1. The van der Waals surface area contributed by atoms with Crippen LogP contribution in [0.4, 0.5) is 0 Å². The van der Waals surface area contributed by atoms with E-state index in [1.807, 2.05) is 60.7 Å². The van der Waals surface area contributed by atoms with E-state index in [2.05, 4.69) is 0 Å². The monoisotopic (exact) mass is 419 g/mol. The number of carbonyl (C=O) groups excluding carboxylic acids is 2. The van der Waals surface area contributed by atoms with Crippen molar-refractivity contribution in [3.05, 3.63) is 96.1 Å². The van der Waals surface area contributed by atoms with Crippen molar-refractivity contribution in [2.75, 3.05) is 26.9 Å². The maximum absolute atomic E-state index is 12.5. The molecule has 0 aliphatic rings. The molecule has 0 N–H and O–H groups in total. The van der Waals surface area contributed by atoms with E-state index in [0.29, 0.717) is 18.9 Å². The third-order valence-corrected chi connectivity index (χ3v) is 4.47. The Morgan fingerprint density at radius 3 is 2.13 bits per heavy atom. The summed E-state index contributed by atoms with van der Waals surface area (Å²) in [5.74, 6) is 0.235. The predicted molar refractivity (Wildman–Crippen MR) is 117 cm³/mol. The van der Waals surface area contributed by atoms with Gasteiger partial charge in [-0.25, -0.2) is 4.79 Å². The molecule has 0 saturated carbocycles. The van der Waals surface area contributed by atoms with Gasteiger partial charge >= 0.3 is 5.97 Å². The van der Waals surface area contributed by atoms with Gasteiger partial charge in [0.25, 0.3) is 5.91 Å². The van der Waals surface area contributed by atoms with Crippen molar-refractivity contribution in [2.24, 2.45) is 0 Å². The summed E-state index contributed by atoms with van der Waals surface area (Å²) in [6, 6.07) is 25.8. The molecule has 1 amide bonds. The Morgan fingerprint density at radius 2 is 1.39 bits per heavy atom. The van der Waals surface area contributed by atoms with Crippen LogP contribution in [0.3, 0.4) is 0 Å². The van der Waals surface area contributed by atoms with Crippen molar-refractivity contribution < 1.29 is 23.8 Å². The van der Waals surface area contributed by atoms with Crippen LogP contribution < -0.4 is 9.47 Å². The quantitative estimate of drug-likeness (QED) is 0.368. The summed E-state index contributed by atoms with van der Waals surface area (Å²) in [7, 11) is 1.67. The van der Waals surface area contributed by atoms with Gasteiger partial charge < -0.3 is 19.1 Å². The van der Waals surface area contributed by atoms with E-state index in [9.17, 15) is 9.59 Å². The average Bonchev–Trinajstić information content (AvgIpc) is 2.81. The lowest BCUT2D eigenvalue weighted by Crippen LogP contribution is -2.30. The summed E-state index contributed by atoms with van der Waals surface area (Å²) >= 11 is 0.